The van der Waals surface area contributed by atoms with Gasteiger partial charge in [-0.05, 0) is 38.1 Å². The van der Waals surface area contributed by atoms with Gasteiger partial charge in [-0.3, -0.25) is 9.48 Å². The number of allylic oxidation sites excluding steroid dienone is 1. The summed E-state index contributed by atoms with van der Waals surface area (Å²) >= 11 is 7.50. The number of fused-ring (bicyclic) bond motifs is 1. The zero-order valence-corrected chi connectivity index (χ0v) is 15.1. The number of hydrogen-bond donors (Lipinski definition) is 0. The minimum atomic E-state index is -0.239. The van der Waals surface area contributed by atoms with Crippen LogP contribution in [0.15, 0.2) is 41.9 Å². The first-order valence-electron chi connectivity index (χ1n) is 7.46. The van der Waals surface area contributed by atoms with E-state index < -0.39 is 0 Å². The first-order valence-corrected chi connectivity index (χ1v) is 8.66. The zero-order chi connectivity index (χ0) is 17.3. The quantitative estimate of drug-likeness (QED) is 0.669. The second kappa shape index (κ2) is 6.75. The number of nitrogens with zero attached hydrogens (tertiary/aromatic N) is 4. The van der Waals surface area contributed by atoms with Crippen molar-refractivity contribution >= 4 is 39.1 Å². The van der Waals surface area contributed by atoms with Crippen molar-refractivity contribution in [3.8, 4) is 0 Å². The number of aryl methyl sites for hydroxylation is 2. The second-order valence-corrected chi connectivity index (χ2v) is 6.93. The number of carbonyl (C=O) groups is 1. The summed E-state index contributed by atoms with van der Waals surface area (Å²) in [6, 6.07) is 7.58. The lowest BCUT2D eigenvalue weighted by Crippen LogP contribution is -2.19. The highest BCUT2D eigenvalue weighted by molar-refractivity contribution is 7.16. The molecule has 0 aliphatic carbocycles. The summed E-state index contributed by atoms with van der Waals surface area (Å²) in [5.74, 6) is -0.239. The first-order chi connectivity index (χ1) is 11.5. The van der Waals surface area contributed by atoms with Crippen molar-refractivity contribution in [2.24, 2.45) is 4.99 Å². The molecule has 0 fully saturated rings. The standard InChI is InChI=1S/C17H17ClN4OS/c1-4-7-21-14-6-5-13(18)9-15(14)24-17(21)19-16(23)10-22-12(3)8-11(2)20-22/h4-6,8-9H,1,7,10H2,2-3H3. The van der Waals surface area contributed by atoms with Gasteiger partial charge in [0.15, 0.2) is 4.80 Å². The van der Waals surface area contributed by atoms with Gasteiger partial charge < -0.3 is 4.57 Å². The molecular weight excluding hydrogens is 344 g/mol. The van der Waals surface area contributed by atoms with Gasteiger partial charge in [0.25, 0.3) is 5.91 Å². The Bertz CT molecular complexity index is 996. The fourth-order valence-corrected chi connectivity index (χ4v) is 3.88. The van der Waals surface area contributed by atoms with Crippen molar-refractivity contribution in [3.63, 3.8) is 0 Å². The lowest BCUT2D eigenvalue weighted by atomic mass is 10.3. The number of carbonyl (C=O) groups excluding carboxylic acids is 1. The molecule has 0 atom stereocenters. The molecule has 3 aromatic rings. The fraction of sp³-hybridized carbons (Fsp3) is 0.235. The van der Waals surface area contributed by atoms with Crippen LogP contribution in [0.25, 0.3) is 10.2 Å². The van der Waals surface area contributed by atoms with Crippen LogP contribution in [0.4, 0.5) is 0 Å². The Morgan fingerprint density at radius 3 is 2.88 bits per heavy atom. The summed E-state index contributed by atoms with van der Waals surface area (Å²) < 4.78 is 4.62. The van der Waals surface area contributed by atoms with E-state index in [1.54, 1.807) is 10.8 Å². The Labute approximate surface area is 148 Å². The van der Waals surface area contributed by atoms with E-state index in [1.807, 2.05) is 42.7 Å². The number of rotatable bonds is 4. The number of halogens is 1. The molecular formula is C17H17ClN4OS. The minimum Gasteiger partial charge on any atom is -0.313 e. The van der Waals surface area contributed by atoms with Gasteiger partial charge in [0.1, 0.15) is 6.54 Å². The van der Waals surface area contributed by atoms with Crippen molar-refractivity contribution in [1.29, 1.82) is 0 Å². The molecule has 5 nitrogen and oxygen atoms in total. The number of amides is 1. The highest BCUT2D eigenvalue weighted by Crippen LogP contribution is 2.21. The Morgan fingerprint density at radius 2 is 2.21 bits per heavy atom. The number of benzene rings is 1. The van der Waals surface area contributed by atoms with Gasteiger partial charge in [-0.25, -0.2) is 0 Å². The van der Waals surface area contributed by atoms with Crippen LogP contribution >= 0.6 is 22.9 Å². The van der Waals surface area contributed by atoms with Gasteiger partial charge in [-0.1, -0.05) is 29.0 Å². The molecule has 0 radical (unpaired) electrons. The number of aromatic nitrogens is 3. The molecule has 0 N–H and O–H groups in total. The SMILES string of the molecule is C=CCn1c(=NC(=O)Cn2nc(C)cc2C)sc2cc(Cl)ccc21. The summed E-state index contributed by atoms with van der Waals surface area (Å²) in [6.07, 6.45) is 1.78. The van der Waals surface area contributed by atoms with E-state index in [9.17, 15) is 4.79 Å². The van der Waals surface area contributed by atoms with Crippen LogP contribution in [-0.4, -0.2) is 20.3 Å². The van der Waals surface area contributed by atoms with Gasteiger partial charge in [0.2, 0.25) is 0 Å². The average Bonchev–Trinajstić information content (AvgIpc) is 2.99. The molecule has 1 amide bonds. The van der Waals surface area contributed by atoms with Crippen LogP contribution in [0, 0.1) is 13.8 Å². The molecule has 1 aromatic carbocycles. The molecule has 0 unspecified atom stereocenters. The van der Waals surface area contributed by atoms with Crippen LogP contribution in [0.2, 0.25) is 5.02 Å². The van der Waals surface area contributed by atoms with Crippen molar-refractivity contribution < 1.29 is 4.79 Å². The number of hydrogen-bond acceptors (Lipinski definition) is 3. The molecule has 0 aliphatic heterocycles. The van der Waals surface area contributed by atoms with Crippen molar-refractivity contribution in [3.05, 3.63) is 58.1 Å². The maximum atomic E-state index is 12.4. The second-order valence-electron chi connectivity index (χ2n) is 5.49. The average molecular weight is 361 g/mol. The van der Waals surface area contributed by atoms with Crippen molar-refractivity contribution in [2.45, 2.75) is 26.9 Å². The normalized spacial score (nSPS) is 12.0. The third kappa shape index (κ3) is 3.34. The largest absolute Gasteiger partial charge is 0.313 e. The third-order valence-electron chi connectivity index (χ3n) is 3.57. The molecule has 0 saturated carbocycles. The summed E-state index contributed by atoms with van der Waals surface area (Å²) in [5.41, 5.74) is 2.82. The van der Waals surface area contributed by atoms with E-state index in [-0.39, 0.29) is 12.5 Å². The van der Waals surface area contributed by atoms with Gasteiger partial charge in [-0.15, -0.1) is 6.58 Å². The van der Waals surface area contributed by atoms with E-state index in [0.29, 0.717) is 16.4 Å². The van der Waals surface area contributed by atoms with Crippen LogP contribution in [0.3, 0.4) is 0 Å². The topological polar surface area (TPSA) is 52.2 Å². The molecule has 0 bridgehead atoms. The summed E-state index contributed by atoms with van der Waals surface area (Å²) in [6.45, 7) is 8.31. The third-order valence-corrected chi connectivity index (χ3v) is 4.84. The van der Waals surface area contributed by atoms with Crippen LogP contribution in [0.5, 0.6) is 0 Å². The molecule has 0 spiro atoms. The van der Waals surface area contributed by atoms with E-state index in [4.69, 9.17) is 11.6 Å². The molecule has 2 heterocycles. The van der Waals surface area contributed by atoms with Crippen LogP contribution in [-0.2, 0) is 17.9 Å². The summed E-state index contributed by atoms with van der Waals surface area (Å²) in [4.78, 5) is 17.3. The van der Waals surface area contributed by atoms with Crippen LogP contribution in [0.1, 0.15) is 11.4 Å². The lowest BCUT2D eigenvalue weighted by Gasteiger charge is -2.02. The molecule has 0 aliphatic rings. The van der Waals surface area contributed by atoms with Gasteiger partial charge >= 0.3 is 0 Å². The predicted molar refractivity (Wildman–Crippen MR) is 97.3 cm³/mol. The van der Waals surface area contributed by atoms with E-state index in [1.165, 1.54) is 11.3 Å². The van der Waals surface area contributed by atoms with Crippen molar-refractivity contribution in [1.82, 2.24) is 14.3 Å². The van der Waals surface area contributed by atoms with Gasteiger partial charge in [0.05, 0.1) is 15.9 Å². The highest BCUT2D eigenvalue weighted by atomic mass is 35.5. The summed E-state index contributed by atoms with van der Waals surface area (Å²) in [5, 5.41) is 4.97. The van der Waals surface area contributed by atoms with Crippen LogP contribution < -0.4 is 4.80 Å². The minimum absolute atomic E-state index is 0.128. The van der Waals surface area contributed by atoms with Gasteiger partial charge in [-0.2, -0.15) is 10.1 Å². The molecule has 0 saturated heterocycles. The monoisotopic (exact) mass is 360 g/mol. The zero-order valence-electron chi connectivity index (χ0n) is 13.5. The van der Waals surface area contributed by atoms with Gasteiger partial charge in [0, 0.05) is 17.3 Å². The predicted octanol–water partition coefficient (Wildman–Crippen LogP) is 3.48. The maximum absolute atomic E-state index is 12.4. The Hall–Kier alpha value is -2.18. The molecule has 3 rings (SSSR count). The highest BCUT2D eigenvalue weighted by Gasteiger charge is 2.09. The number of thiazole rings is 1. The maximum Gasteiger partial charge on any atom is 0.270 e. The Balaban J connectivity index is 2.02. The lowest BCUT2D eigenvalue weighted by molar-refractivity contribution is -0.118. The molecule has 7 heteroatoms. The Kier molecular flexibility index (Phi) is 4.69. The van der Waals surface area contributed by atoms with E-state index in [0.717, 1.165) is 21.6 Å². The molecule has 124 valence electrons. The summed E-state index contributed by atoms with van der Waals surface area (Å²) in [7, 11) is 0. The molecule has 24 heavy (non-hydrogen) atoms. The first kappa shape index (κ1) is 16.7. The van der Waals surface area contributed by atoms with E-state index >= 15 is 0 Å². The van der Waals surface area contributed by atoms with Crippen molar-refractivity contribution in [2.75, 3.05) is 0 Å². The fourth-order valence-electron chi connectivity index (χ4n) is 2.54. The molecule has 2 aromatic heterocycles. The smallest absolute Gasteiger partial charge is 0.270 e. The Morgan fingerprint density at radius 1 is 1.42 bits per heavy atom. The van der Waals surface area contributed by atoms with E-state index in [2.05, 4.69) is 16.7 Å².